The van der Waals surface area contributed by atoms with E-state index in [-0.39, 0.29) is 24.3 Å². The molecule has 0 aromatic rings. The van der Waals surface area contributed by atoms with E-state index in [4.69, 9.17) is 5.11 Å². The third-order valence-corrected chi connectivity index (χ3v) is 3.91. The van der Waals surface area contributed by atoms with Crippen molar-refractivity contribution in [1.82, 2.24) is 10.6 Å². The Morgan fingerprint density at radius 3 is 2.88 bits per heavy atom. The van der Waals surface area contributed by atoms with Crippen LogP contribution in [0.15, 0.2) is 0 Å². The maximum absolute atomic E-state index is 11.8. The van der Waals surface area contributed by atoms with Crippen LogP contribution in [-0.4, -0.2) is 47.6 Å². The summed E-state index contributed by atoms with van der Waals surface area (Å²) in [7, 11) is 0. The maximum Gasteiger partial charge on any atom is 0.303 e. The minimum atomic E-state index is -0.808. The molecule has 98 valence electrons. The molecule has 1 rings (SSSR count). The minimum absolute atomic E-state index is 0.0129. The Bertz CT molecular complexity index is 267. The van der Waals surface area contributed by atoms with E-state index >= 15 is 0 Å². The Kier molecular flexibility index (Phi) is 6.36. The SMILES string of the molecule is CCC(CNC(=O)C1CSCCN1)CC(=O)O. The Morgan fingerprint density at radius 1 is 1.59 bits per heavy atom. The van der Waals surface area contributed by atoms with Crippen molar-refractivity contribution in [3.63, 3.8) is 0 Å². The van der Waals surface area contributed by atoms with Crippen molar-refractivity contribution in [2.24, 2.45) is 5.92 Å². The molecule has 0 radical (unpaired) electrons. The normalized spacial score (nSPS) is 21.8. The van der Waals surface area contributed by atoms with Crippen molar-refractivity contribution in [2.75, 3.05) is 24.6 Å². The molecular weight excluding hydrogens is 240 g/mol. The number of thioether (sulfide) groups is 1. The van der Waals surface area contributed by atoms with Gasteiger partial charge in [-0.05, 0) is 5.92 Å². The van der Waals surface area contributed by atoms with Crippen molar-refractivity contribution < 1.29 is 14.7 Å². The standard InChI is InChI=1S/C11H20N2O3S/c1-2-8(5-10(14)15)6-13-11(16)9-7-17-4-3-12-9/h8-9,12H,2-7H2,1H3,(H,13,16)(H,14,15). The first-order valence-corrected chi connectivity index (χ1v) is 7.09. The molecule has 0 aromatic heterocycles. The molecule has 1 amide bonds. The van der Waals surface area contributed by atoms with Crippen LogP contribution in [0, 0.1) is 5.92 Å². The fourth-order valence-electron chi connectivity index (χ4n) is 1.71. The summed E-state index contributed by atoms with van der Waals surface area (Å²) < 4.78 is 0. The Hall–Kier alpha value is -0.750. The fraction of sp³-hybridized carbons (Fsp3) is 0.818. The fourth-order valence-corrected chi connectivity index (χ4v) is 2.64. The number of carboxylic acids is 1. The second-order valence-corrected chi connectivity index (χ2v) is 5.35. The molecule has 1 aliphatic heterocycles. The van der Waals surface area contributed by atoms with E-state index in [1.54, 1.807) is 11.8 Å². The van der Waals surface area contributed by atoms with E-state index in [2.05, 4.69) is 10.6 Å². The van der Waals surface area contributed by atoms with Gasteiger partial charge in [-0.3, -0.25) is 9.59 Å². The molecule has 1 heterocycles. The van der Waals surface area contributed by atoms with Gasteiger partial charge in [0.05, 0.1) is 6.04 Å². The molecule has 17 heavy (non-hydrogen) atoms. The Morgan fingerprint density at radius 2 is 2.35 bits per heavy atom. The van der Waals surface area contributed by atoms with Crippen LogP contribution < -0.4 is 10.6 Å². The van der Waals surface area contributed by atoms with Gasteiger partial charge in [0.25, 0.3) is 0 Å². The third-order valence-electron chi connectivity index (χ3n) is 2.84. The highest BCUT2D eigenvalue weighted by Gasteiger charge is 2.21. The molecule has 5 nitrogen and oxygen atoms in total. The third kappa shape index (κ3) is 5.41. The van der Waals surface area contributed by atoms with E-state index in [1.165, 1.54) is 0 Å². The molecular formula is C11H20N2O3S. The van der Waals surface area contributed by atoms with Gasteiger partial charge in [-0.25, -0.2) is 0 Å². The number of carbonyl (C=O) groups is 2. The molecule has 1 saturated heterocycles. The highest BCUT2D eigenvalue weighted by atomic mass is 32.2. The number of hydrogen-bond donors (Lipinski definition) is 3. The van der Waals surface area contributed by atoms with Crippen LogP contribution in [0.25, 0.3) is 0 Å². The van der Waals surface area contributed by atoms with Gasteiger partial charge in [0.2, 0.25) is 5.91 Å². The molecule has 1 fully saturated rings. The summed E-state index contributed by atoms with van der Waals surface area (Å²) in [5, 5.41) is 14.7. The van der Waals surface area contributed by atoms with Crippen molar-refractivity contribution in [1.29, 1.82) is 0 Å². The van der Waals surface area contributed by atoms with Crippen molar-refractivity contribution >= 4 is 23.6 Å². The summed E-state index contributed by atoms with van der Waals surface area (Å²) >= 11 is 1.76. The van der Waals surface area contributed by atoms with Crippen LogP contribution in [0.1, 0.15) is 19.8 Å². The Labute approximate surface area is 106 Å². The number of rotatable bonds is 6. The summed E-state index contributed by atoms with van der Waals surface area (Å²) in [6.07, 6.45) is 0.878. The summed E-state index contributed by atoms with van der Waals surface area (Å²) in [5.41, 5.74) is 0. The van der Waals surface area contributed by atoms with E-state index < -0.39 is 5.97 Å². The molecule has 3 N–H and O–H groups in total. The zero-order valence-electron chi connectivity index (χ0n) is 10.1. The average molecular weight is 260 g/mol. The number of aliphatic carboxylic acids is 1. The van der Waals surface area contributed by atoms with Gasteiger partial charge in [0.15, 0.2) is 0 Å². The second-order valence-electron chi connectivity index (χ2n) is 4.20. The van der Waals surface area contributed by atoms with Gasteiger partial charge in [-0.2, -0.15) is 11.8 Å². The molecule has 0 spiro atoms. The molecule has 6 heteroatoms. The van der Waals surface area contributed by atoms with Crippen LogP contribution in [0.5, 0.6) is 0 Å². The zero-order chi connectivity index (χ0) is 12.7. The van der Waals surface area contributed by atoms with Gasteiger partial charge in [0, 0.05) is 31.0 Å². The van der Waals surface area contributed by atoms with Crippen LogP contribution in [0.3, 0.4) is 0 Å². The lowest BCUT2D eigenvalue weighted by Gasteiger charge is -2.23. The van der Waals surface area contributed by atoms with Gasteiger partial charge in [-0.15, -0.1) is 0 Å². The van der Waals surface area contributed by atoms with E-state index in [0.29, 0.717) is 6.54 Å². The topological polar surface area (TPSA) is 78.4 Å². The van der Waals surface area contributed by atoms with Crippen LogP contribution >= 0.6 is 11.8 Å². The minimum Gasteiger partial charge on any atom is -0.481 e. The van der Waals surface area contributed by atoms with Crippen LogP contribution in [0.2, 0.25) is 0 Å². The lowest BCUT2D eigenvalue weighted by atomic mass is 10.0. The first kappa shape index (κ1) is 14.3. The molecule has 2 unspecified atom stereocenters. The van der Waals surface area contributed by atoms with Crippen molar-refractivity contribution in [3.8, 4) is 0 Å². The lowest BCUT2D eigenvalue weighted by molar-refractivity contribution is -0.138. The molecule has 2 atom stereocenters. The van der Waals surface area contributed by atoms with E-state index in [1.807, 2.05) is 6.92 Å². The largest absolute Gasteiger partial charge is 0.481 e. The predicted molar refractivity (Wildman–Crippen MR) is 68.2 cm³/mol. The highest BCUT2D eigenvalue weighted by Crippen LogP contribution is 2.09. The first-order chi connectivity index (χ1) is 8.13. The maximum atomic E-state index is 11.8. The van der Waals surface area contributed by atoms with Gasteiger partial charge in [0.1, 0.15) is 0 Å². The number of carboxylic acid groups (broad SMARTS) is 1. The zero-order valence-corrected chi connectivity index (χ0v) is 10.9. The molecule has 0 saturated carbocycles. The Balaban J connectivity index is 2.27. The first-order valence-electron chi connectivity index (χ1n) is 5.94. The van der Waals surface area contributed by atoms with Gasteiger partial charge >= 0.3 is 5.97 Å². The number of carbonyl (C=O) groups excluding carboxylic acids is 1. The van der Waals surface area contributed by atoms with E-state index in [9.17, 15) is 9.59 Å². The summed E-state index contributed by atoms with van der Waals surface area (Å²) in [4.78, 5) is 22.4. The second kappa shape index (κ2) is 7.55. The number of hydrogen-bond acceptors (Lipinski definition) is 4. The highest BCUT2D eigenvalue weighted by molar-refractivity contribution is 7.99. The monoisotopic (exact) mass is 260 g/mol. The summed E-state index contributed by atoms with van der Waals surface area (Å²) in [5.74, 6) is 1.04. The average Bonchev–Trinajstić information content (AvgIpc) is 2.34. The smallest absolute Gasteiger partial charge is 0.303 e. The van der Waals surface area contributed by atoms with Gasteiger partial charge < -0.3 is 15.7 Å². The predicted octanol–water partition coefficient (Wildman–Crippen LogP) is 0.309. The lowest BCUT2D eigenvalue weighted by Crippen LogP contribution is -2.49. The quantitative estimate of drug-likeness (QED) is 0.640. The van der Waals surface area contributed by atoms with Gasteiger partial charge in [-0.1, -0.05) is 13.3 Å². The van der Waals surface area contributed by atoms with Crippen LogP contribution in [0.4, 0.5) is 0 Å². The number of nitrogens with one attached hydrogen (secondary N) is 2. The van der Waals surface area contributed by atoms with Crippen molar-refractivity contribution in [3.05, 3.63) is 0 Å². The molecule has 0 bridgehead atoms. The summed E-state index contributed by atoms with van der Waals surface area (Å²) in [6, 6.07) is -0.129. The van der Waals surface area contributed by atoms with Crippen LogP contribution in [-0.2, 0) is 9.59 Å². The van der Waals surface area contributed by atoms with E-state index in [0.717, 1.165) is 24.5 Å². The molecule has 0 aromatic carbocycles. The summed E-state index contributed by atoms with van der Waals surface area (Å²) in [6.45, 7) is 3.24. The number of amides is 1. The molecule has 0 aliphatic carbocycles. The molecule has 1 aliphatic rings. The van der Waals surface area contributed by atoms with Crippen molar-refractivity contribution in [2.45, 2.75) is 25.8 Å².